The second kappa shape index (κ2) is 4.59. The highest BCUT2D eigenvalue weighted by Gasteiger charge is 2.39. The number of urea groups is 1. The first-order valence-electron chi connectivity index (χ1n) is 6.01. The number of aliphatic hydroxyl groups is 1. The topological polar surface area (TPSA) is 69.8 Å². The molecule has 0 bridgehead atoms. The van der Waals surface area contributed by atoms with Crippen molar-refractivity contribution in [1.82, 2.24) is 10.1 Å². The Bertz CT molecular complexity index is 524. The minimum Gasteiger partial charge on any atom is -0.371 e. The summed E-state index contributed by atoms with van der Waals surface area (Å²) in [6.45, 7) is 6.26. The summed E-state index contributed by atoms with van der Waals surface area (Å²) < 4.78 is 5.22. The van der Waals surface area contributed by atoms with Crippen LogP contribution >= 0.6 is 0 Å². The number of terminal acetylenes is 1. The van der Waals surface area contributed by atoms with Crippen LogP contribution in [0, 0.1) is 12.3 Å². The van der Waals surface area contributed by atoms with Crippen molar-refractivity contribution < 1.29 is 14.4 Å². The van der Waals surface area contributed by atoms with Gasteiger partial charge in [0.2, 0.25) is 0 Å². The molecule has 0 saturated carbocycles. The number of aromatic nitrogens is 1. The average Bonchev–Trinajstić information content (AvgIpc) is 2.85. The van der Waals surface area contributed by atoms with E-state index in [4.69, 9.17) is 10.9 Å². The number of anilines is 1. The number of hydrogen-bond donors (Lipinski definition) is 1. The van der Waals surface area contributed by atoms with Gasteiger partial charge in [0.15, 0.2) is 12.0 Å². The summed E-state index contributed by atoms with van der Waals surface area (Å²) in [7, 11) is 0. The molecule has 0 aromatic carbocycles. The third kappa shape index (κ3) is 2.42. The fraction of sp³-hybridized carbons (Fsp3) is 0.538. The highest BCUT2D eigenvalue weighted by atomic mass is 16.5. The van der Waals surface area contributed by atoms with Gasteiger partial charge in [-0.05, 0) is 0 Å². The van der Waals surface area contributed by atoms with Crippen molar-refractivity contribution in [1.29, 1.82) is 0 Å². The molecule has 0 aliphatic carbocycles. The maximum Gasteiger partial charge on any atom is 0.328 e. The molecule has 1 fully saturated rings. The van der Waals surface area contributed by atoms with Gasteiger partial charge in [-0.1, -0.05) is 31.8 Å². The fourth-order valence-corrected chi connectivity index (χ4v) is 1.86. The number of rotatable bonds is 2. The van der Waals surface area contributed by atoms with Crippen LogP contribution in [0.5, 0.6) is 0 Å². The summed E-state index contributed by atoms with van der Waals surface area (Å²) in [5.41, 5.74) is -0.211. The van der Waals surface area contributed by atoms with E-state index in [2.05, 4.69) is 11.1 Å². The number of amides is 2. The number of carbonyl (C=O) groups excluding carboxylic acids is 1. The standard InChI is InChI=1S/C13H17N3O3/c1-5-6-15-8-11(17)16(12(15)18)10-7-9(19-14-10)13(2,3)4/h1,7,11,17H,6,8H2,2-4H3. The molecule has 102 valence electrons. The minimum atomic E-state index is -0.959. The van der Waals surface area contributed by atoms with Gasteiger partial charge in [-0.25, -0.2) is 9.69 Å². The van der Waals surface area contributed by atoms with Crippen LogP contribution in [0.15, 0.2) is 10.6 Å². The summed E-state index contributed by atoms with van der Waals surface area (Å²) in [6.07, 6.45) is 4.22. The van der Waals surface area contributed by atoms with E-state index < -0.39 is 6.23 Å². The third-order valence-electron chi connectivity index (χ3n) is 2.92. The summed E-state index contributed by atoms with van der Waals surface area (Å²) in [5.74, 6) is 3.34. The predicted octanol–water partition coefficient (Wildman–Crippen LogP) is 1.17. The Balaban J connectivity index is 2.25. The van der Waals surface area contributed by atoms with Crippen molar-refractivity contribution >= 4 is 11.8 Å². The van der Waals surface area contributed by atoms with Gasteiger partial charge >= 0.3 is 6.03 Å². The number of β-amino-alcohol motifs (C(OH)–C–C–N with tert-alkyl or cyclic N) is 1. The first-order chi connectivity index (χ1) is 8.84. The highest BCUT2D eigenvalue weighted by Crippen LogP contribution is 2.29. The van der Waals surface area contributed by atoms with E-state index in [-0.39, 0.29) is 24.5 Å². The van der Waals surface area contributed by atoms with Gasteiger partial charge in [0, 0.05) is 11.5 Å². The van der Waals surface area contributed by atoms with Gasteiger partial charge in [-0.3, -0.25) is 0 Å². The average molecular weight is 263 g/mol. The van der Waals surface area contributed by atoms with Crippen LogP contribution in [0.3, 0.4) is 0 Å². The fourth-order valence-electron chi connectivity index (χ4n) is 1.86. The molecular weight excluding hydrogens is 246 g/mol. The molecule has 6 nitrogen and oxygen atoms in total. The second-order valence-electron chi connectivity index (χ2n) is 5.52. The molecule has 1 aromatic rings. The van der Waals surface area contributed by atoms with E-state index in [0.717, 1.165) is 0 Å². The Kier molecular flexibility index (Phi) is 3.25. The van der Waals surface area contributed by atoms with E-state index in [1.165, 1.54) is 9.80 Å². The molecular formula is C13H17N3O3. The third-order valence-corrected chi connectivity index (χ3v) is 2.92. The van der Waals surface area contributed by atoms with E-state index >= 15 is 0 Å². The second-order valence-corrected chi connectivity index (χ2v) is 5.52. The van der Waals surface area contributed by atoms with Crippen molar-refractivity contribution in [2.45, 2.75) is 32.4 Å². The predicted molar refractivity (Wildman–Crippen MR) is 69.5 cm³/mol. The minimum absolute atomic E-state index is 0.163. The van der Waals surface area contributed by atoms with Crippen molar-refractivity contribution in [2.24, 2.45) is 0 Å². The Morgan fingerprint density at radius 3 is 2.84 bits per heavy atom. The Morgan fingerprint density at radius 1 is 1.63 bits per heavy atom. The quantitative estimate of drug-likeness (QED) is 0.813. The van der Waals surface area contributed by atoms with Gasteiger partial charge in [0.25, 0.3) is 0 Å². The molecule has 0 spiro atoms. The largest absolute Gasteiger partial charge is 0.371 e. The number of aliphatic hydroxyl groups excluding tert-OH is 1. The van der Waals surface area contributed by atoms with E-state index in [0.29, 0.717) is 11.6 Å². The van der Waals surface area contributed by atoms with Crippen molar-refractivity contribution in [3.63, 3.8) is 0 Å². The van der Waals surface area contributed by atoms with Gasteiger partial charge < -0.3 is 14.5 Å². The summed E-state index contributed by atoms with van der Waals surface area (Å²) in [6, 6.07) is 1.31. The molecule has 6 heteroatoms. The zero-order valence-corrected chi connectivity index (χ0v) is 11.3. The molecule has 2 rings (SSSR count). The van der Waals surface area contributed by atoms with E-state index in [1.54, 1.807) is 6.07 Å². The smallest absolute Gasteiger partial charge is 0.328 e. The van der Waals surface area contributed by atoms with Crippen molar-refractivity contribution in [2.75, 3.05) is 18.0 Å². The molecule has 19 heavy (non-hydrogen) atoms. The SMILES string of the molecule is C#CCN1CC(O)N(c2cc(C(C)(C)C)on2)C1=O. The molecule has 1 unspecified atom stereocenters. The lowest BCUT2D eigenvalue weighted by Crippen LogP contribution is -2.35. The number of carbonyl (C=O) groups is 1. The van der Waals surface area contributed by atoms with Crippen LogP contribution in [-0.4, -0.2) is 40.5 Å². The first kappa shape index (κ1) is 13.4. The molecule has 1 aromatic heterocycles. The Hall–Kier alpha value is -2.00. The van der Waals surface area contributed by atoms with Crippen LogP contribution in [0.25, 0.3) is 0 Å². The van der Waals surface area contributed by atoms with Crippen LogP contribution in [0.4, 0.5) is 10.6 Å². The first-order valence-corrected chi connectivity index (χ1v) is 6.01. The molecule has 1 N–H and O–H groups in total. The zero-order chi connectivity index (χ0) is 14.2. The molecule has 2 amide bonds. The molecule has 1 atom stereocenters. The molecule has 1 saturated heterocycles. The van der Waals surface area contributed by atoms with Gasteiger partial charge in [-0.2, -0.15) is 0 Å². The normalized spacial score (nSPS) is 19.9. The summed E-state index contributed by atoms with van der Waals surface area (Å²) in [4.78, 5) is 14.7. The van der Waals surface area contributed by atoms with E-state index in [9.17, 15) is 9.90 Å². The van der Waals surface area contributed by atoms with Crippen molar-refractivity contribution in [3.8, 4) is 12.3 Å². The van der Waals surface area contributed by atoms with Crippen LogP contribution in [0.2, 0.25) is 0 Å². The molecule has 2 heterocycles. The summed E-state index contributed by atoms with van der Waals surface area (Å²) >= 11 is 0. The van der Waals surface area contributed by atoms with E-state index in [1.807, 2.05) is 20.8 Å². The highest BCUT2D eigenvalue weighted by molar-refractivity contribution is 5.93. The monoisotopic (exact) mass is 263 g/mol. The lowest BCUT2D eigenvalue weighted by Gasteiger charge is -2.15. The van der Waals surface area contributed by atoms with Crippen LogP contribution in [-0.2, 0) is 5.41 Å². The zero-order valence-electron chi connectivity index (χ0n) is 11.3. The Morgan fingerprint density at radius 2 is 2.32 bits per heavy atom. The molecule has 0 radical (unpaired) electrons. The van der Waals surface area contributed by atoms with Gasteiger partial charge in [0.05, 0.1) is 13.1 Å². The van der Waals surface area contributed by atoms with Crippen molar-refractivity contribution in [3.05, 3.63) is 11.8 Å². The maximum absolute atomic E-state index is 12.1. The lowest BCUT2D eigenvalue weighted by molar-refractivity contribution is 0.179. The van der Waals surface area contributed by atoms with Crippen LogP contribution in [0.1, 0.15) is 26.5 Å². The van der Waals surface area contributed by atoms with Crippen LogP contribution < -0.4 is 4.90 Å². The summed E-state index contributed by atoms with van der Waals surface area (Å²) in [5, 5.41) is 13.8. The van der Waals surface area contributed by atoms with Gasteiger partial charge in [0.1, 0.15) is 5.76 Å². The maximum atomic E-state index is 12.1. The number of nitrogens with zero attached hydrogens (tertiary/aromatic N) is 3. The molecule has 1 aliphatic heterocycles. The van der Waals surface area contributed by atoms with Gasteiger partial charge in [-0.15, -0.1) is 6.42 Å². The Labute approximate surface area is 112 Å². The molecule has 1 aliphatic rings. The number of hydrogen-bond acceptors (Lipinski definition) is 4. The lowest BCUT2D eigenvalue weighted by atomic mass is 9.93.